The molecule has 2 aromatic carbocycles. The summed E-state index contributed by atoms with van der Waals surface area (Å²) >= 11 is 0. The molecule has 36 heavy (non-hydrogen) atoms. The molecular weight excluding hydrogens is 495 g/mol. The summed E-state index contributed by atoms with van der Waals surface area (Å²) in [6, 6.07) is 11.2. The van der Waals surface area contributed by atoms with Crippen LogP contribution >= 0.6 is 0 Å². The first-order valence-corrected chi connectivity index (χ1v) is 12.7. The zero-order valence-corrected chi connectivity index (χ0v) is 20.1. The predicted molar refractivity (Wildman–Crippen MR) is 129 cm³/mol. The van der Waals surface area contributed by atoms with Gasteiger partial charge in [0.1, 0.15) is 5.82 Å². The van der Waals surface area contributed by atoms with E-state index >= 15 is 4.39 Å². The van der Waals surface area contributed by atoms with E-state index < -0.39 is 28.9 Å². The molecule has 0 aliphatic carbocycles. The van der Waals surface area contributed by atoms with Gasteiger partial charge in [0.2, 0.25) is 5.89 Å². The highest BCUT2D eigenvalue weighted by molar-refractivity contribution is 7.85. The van der Waals surface area contributed by atoms with Gasteiger partial charge in [-0.25, -0.2) is 9.18 Å². The van der Waals surface area contributed by atoms with Crippen LogP contribution in [0.15, 0.2) is 53.1 Å². The van der Waals surface area contributed by atoms with Crippen molar-refractivity contribution < 1.29 is 26.6 Å². The van der Waals surface area contributed by atoms with Crippen molar-refractivity contribution in [1.29, 1.82) is 0 Å². The van der Waals surface area contributed by atoms with Crippen molar-refractivity contribution in [1.82, 2.24) is 19.7 Å². The minimum atomic E-state index is -2.93. The number of fused-ring (bicyclic) bond motifs is 1. The summed E-state index contributed by atoms with van der Waals surface area (Å²) in [5.74, 6) is -0.928. The van der Waals surface area contributed by atoms with Crippen LogP contribution in [0.3, 0.4) is 0 Å². The summed E-state index contributed by atoms with van der Waals surface area (Å²) in [6.45, 7) is 0.621. The Bertz CT molecular complexity index is 1440. The van der Waals surface area contributed by atoms with Gasteiger partial charge in [-0.05, 0) is 36.4 Å². The van der Waals surface area contributed by atoms with Crippen LogP contribution in [0.25, 0.3) is 22.4 Å². The number of benzene rings is 2. The van der Waals surface area contributed by atoms with Crippen LogP contribution in [0.2, 0.25) is 0 Å². The standard InChI is InChI=1S/C24H22F3N5O3S/c1-30-7-6-15-12-18(4-5-20(15)30)32(24(33)31-8-10-36(34)11-9-31)14-17-3-2-16(13-19(17)25)22-28-29-23(35-22)21(26)27/h2-7,12-13,21H,8-11,14H2,1H3. The minimum absolute atomic E-state index is 0.0744. The Morgan fingerprint density at radius 3 is 2.61 bits per heavy atom. The number of alkyl halides is 2. The molecule has 2 amide bonds. The molecule has 0 spiro atoms. The first-order valence-electron chi connectivity index (χ1n) is 11.2. The molecule has 0 radical (unpaired) electrons. The number of rotatable bonds is 5. The number of carbonyl (C=O) groups is 1. The summed E-state index contributed by atoms with van der Waals surface area (Å²) in [5.41, 5.74) is 1.94. The largest absolute Gasteiger partial charge is 0.415 e. The molecule has 0 bridgehead atoms. The van der Waals surface area contributed by atoms with Gasteiger partial charge in [-0.1, -0.05) is 6.07 Å². The van der Waals surface area contributed by atoms with Crippen molar-refractivity contribution in [2.45, 2.75) is 13.0 Å². The lowest BCUT2D eigenvalue weighted by Crippen LogP contribution is -2.48. The number of aryl methyl sites for hydroxylation is 1. The van der Waals surface area contributed by atoms with E-state index in [0.29, 0.717) is 30.3 Å². The van der Waals surface area contributed by atoms with Crippen molar-refractivity contribution in [3.63, 3.8) is 0 Å². The van der Waals surface area contributed by atoms with Crippen LogP contribution in [0.1, 0.15) is 17.9 Å². The molecule has 0 unspecified atom stereocenters. The smallest absolute Gasteiger partial charge is 0.324 e. The van der Waals surface area contributed by atoms with E-state index in [0.717, 1.165) is 17.0 Å². The molecule has 1 saturated heterocycles. The number of amides is 2. The zero-order chi connectivity index (χ0) is 25.4. The zero-order valence-electron chi connectivity index (χ0n) is 19.2. The number of hydrogen-bond acceptors (Lipinski definition) is 5. The second-order valence-corrected chi connectivity index (χ2v) is 10.1. The van der Waals surface area contributed by atoms with Gasteiger partial charge in [0.05, 0.1) is 6.54 Å². The van der Waals surface area contributed by atoms with E-state index in [2.05, 4.69) is 10.2 Å². The van der Waals surface area contributed by atoms with E-state index in [4.69, 9.17) is 4.42 Å². The van der Waals surface area contributed by atoms with Gasteiger partial charge in [0.25, 0.3) is 5.89 Å². The van der Waals surface area contributed by atoms with Gasteiger partial charge in [-0.3, -0.25) is 9.11 Å². The molecule has 0 atom stereocenters. The molecule has 1 aliphatic heterocycles. The van der Waals surface area contributed by atoms with Crippen LogP contribution < -0.4 is 4.90 Å². The number of nitrogens with zero attached hydrogens (tertiary/aromatic N) is 5. The third-order valence-electron chi connectivity index (χ3n) is 6.12. The van der Waals surface area contributed by atoms with Crippen LogP contribution in [-0.4, -0.2) is 54.5 Å². The fourth-order valence-corrected chi connectivity index (χ4v) is 5.18. The third kappa shape index (κ3) is 4.72. The number of hydrogen-bond donors (Lipinski definition) is 0. The number of carbonyl (C=O) groups excluding carboxylic acids is 1. The summed E-state index contributed by atoms with van der Waals surface area (Å²) < 4.78 is 59.3. The summed E-state index contributed by atoms with van der Waals surface area (Å²) in [7, 11) is 0.963. The van der Waals surface area contributed by atoms with Gasteiger partial charge in [-0.2, -0.15) is 8.78 Å². The number of urea groups is 1. The highest BCUT2D eigenvalue weighted by Crippen LogP contribution is 2.28. The Balaban J connectivity index is 1.46. The van der Waals surface area contributed by atoms with E-state index in [-0.39, 0.29) is 29.6 Å². The Hall–Kier alpha value is -3.67. The normalized spacial score (nSPS) is 14.6. The van der Waals surface area contributed by atoms with E-state index in [1.165, 1.54) is 17.0 Å². The van der Waals surface area contributed by atoms with Gasteiger partial charge in [0, 0.05) is 76.4 Å². The number of aromatic nitrogens is 3. The summed E-state index contributed by atoms with van der Waals surface area (Å²) in [6.07, 6.45) is -1.01. The van der Waals surface area contributed by atoms with Crippen molar-refractivity contribution in [2.75, 3.05) is 29.5 Å². The van der Waals surface area contributed by atoms with Gasteiger partial charge >= 0.3 is 12.5 Å². The Labute approximate surface area is 206 Å². The molecule has 5 rings (SSSR count). The SMILES string of the molecule is Cn1ccc2cc(N(Cc3ccc(-c4nnc(C(F)F)o4)cc3F)C(=O)N3CCS(=O)CC3)ccc21. The topological polar surface area (TPSA) is 84.5 Å². The molecule has 188 valence electrons. The predicted octanol–water partition coefficient (Wildman–Crippen LogP) is 4.50. The Morgan fingerprint density at radius 1 is 1.14 bits per heavy atom. The molecule has 2 aromatic heterocycles. The maximum absolute atomic E-state index is 15.2. The molecule has 1 aliphatic rings. The Morgan fingerprint density at radius 2 is 1.92 bits per heavy atom. The number of anilines is 1. The van der Waals surface area contributed by atoms with Crippen LogP contribution in [0.4, 0.5) is 23.7 Å². The fourth-order valence-electron chi connectivity index (χ4n) is 4.12. The van der Waals surface area contributed by atoms with Crippen LogP contribution in [0, 0.1) is 5.82 Å². The third-order valence-corrected chi connectivity index (χ3v) is 7.39. The van der Waals surface area contributed by atoms with Crippen molar-refractivity contribution >= 4 is 33.4 Å². The second-order valence-electron chi connectivity index (χ2n) is 8.43. The Kier molecular flexibility index (Phi) is 6.52. The molecule has 1 fully saturated rings. The molecule has 0 N–H and O–H groups in total. The second kappa shape index (κ2) is 9.76. The summed E-state index contributed by atoms with van der Waals surface area (Å²) in [4.78, 5) is 16.6. The van der Waals surface area contributed by atoms with Crippen LogP contribution in [0.5, 0.6) is 0 Å². The molecule has 0 saturated carbocycles. The van der Waals surface area contributed by atoms with Crippen molar-refractivity contribution in [3.05, 3.63) is 65.9 Å². The lowest BCUT2D eigenvalue weighted by molar-refractivity contribution is 0.116. The number of halogens is 3. The maximum Gasteiger partial charge on any atom is 0.324 e. The van der Waals surface area contributed by atoms with Gasteiger partial charge in [0.15, 0.2) is 0 Å². The molecule has 8 nitrogen and oxygen atoms in total. The molecule has 4 aromatic rings. The average molecular weight is 518 g/mol. The molecule has 3 heterocycles. The first kappa shape index (κ1) is 24.0. The average Bonchev–Trinajstić information content (AvgIpc) is 3.51. The van der Waals surface area contributed by atoms with Gasteiger partial charge < -0.3 is 13.9 Å². The maximum atomic E-state index is 15.2. The van der Waals surface area contributed by atoms with Crippen molar-refractivity contribution in [2.24, 2.45) is 7.05 Å². The highest BCUT2D eigenvalue weighted by Gasteiger charge is 2.27. The lowest BCUT2D eigenvalue weighted by Gasteiger charge is -2.33. The monoisotopic (exact) mass is 517 g/mol. The fraction of sp³-hybridized carbons (Fsp3) is 0.292. The van der Waals surface area contributed by atoms with Crippen molar-refractivity contribution in [3.8, 4) is 11.5 Å². The highest BCUT2D eigenvalue weighted by atomic mass is 32.2. The molecular formula is C24H22F3N5O3S. The molecule has 12 heteroatoms. The van der Waals surface area contributed by atoms with E-state index in [1.807, 2.05) is 36.0 Å². The quantitative estimate of drug-likeness (QED) is 0.389. The first-order chi connectivity index (χ1) is 17.3. The summed E-state index contributed by atoms with van der Waals surface area (Å²) in [5, 5.41) is 7.75. The van der Waals surface area contributed by atoms with E-state index in [9.17, 15) is 17.8 Å². The van der Waals surface area contributed by atoms with E-state index in [1.54, 1.807) is 11.0 Å². The van der Waals surface area contributed by atoms with Gasteiger partial charge in [-0.15, -0.1) is 10.2 Å². The minimum Gasteiger partial charge on any atom is -0.415 e. The van der Waals surface area contributed by atoms with Crippen LogP contribution in [-0.2, 0) is 24.4 Å². The lowest BCUT2D eigenvalue weighted by atomic mass is 10.1.